The summed E-state index contributed by atoms with van der Waals surface area (Å²) in [6, 6.07) is 14.1. The maximum atomic E-state index is 13.2. The zero-order chi connectivity index (χ0) is 44.8. The molecule has 0 aliphatic carbocycles. The highest BCUT2D eigenvalue weighted by molar-refractivity contribution is 6.25. The van der Waals surface area contributed by atoms with E-state index in [0.717, 1.165) is 50.5 Å². The lowest BCUT2D eigenvalue weighted by Gasteiger charge is -2.39. The van der Waals surface area contributed by atoms with Gasteiger partial charge >= 0.3 is 0 Å². The van der Waals surface area contributed by atoms with E-state index in [1.54, 1.807) is 24.3 Å². The molecule has 1 unspecified atom stereocenters. The molecule has 0 saturated carbocycles. The molecule has 2 aromatic carbocycles. The molecule has 4 aliphatic rings. The molecule has 4 N–H and O–H groups in total. The molecule has 7 rings (SSSR count). The Morgan fingerprint density at radius 2 is 1.61 bits per heavy atom. The lowest BCUT2D eigenvalue weighted by atomic mass is 9.99. The van der Waals surface area contributed by atoms with Crippen LogP contribution < -0.4 is 16.0 Å². The minimum Gasteiger partial charge on any atom is -0.392 e. The summed E-state index contributed by atoms with van der Waals surface area (Å²) in [4.78, 5) is 89.4. The van der Waals surface area contributed by atoms with Gasteiger partial charge in [0.25, 0.3) is 11.8 Å². The molecule has 5 heterocycles. The van der Waals surface area contributed by atoms with Gasteiger partial charge in [0, 0.05) is 76.7 Å². The maximum Gasteiger partial charge on any atom is 0.264 e. The summed E-state index contributed by atoms with van der Waals surface area (Å²) in [5.41, 5.74) is 3.88. The van der Waals surface area contributed by atoms with Gasteiger partial charge in [-0.3, -0.25) is 48.8 Å². The molecule has 3 aromatic rings. The maximum absolute atomic E-state index is 13.2. The number of ether oxygens (including phenoxy) is 3. The van der Waals surface area contributed by atoms with Gasteiger partial charge in [-0.2, -0.15) is 0 Å². The standard InChI is InChI=1S/C46H58N8O10/c55-34(15-19-62-21-23-64-24-22-63-20-16-47-37-9-3-8-36-43(37)46(61)54(45(36)60)39-11-13-42(58)51-44(39)59)7-4-17-52-27-33(28-52)50-41-25-38(48-30-49-41)40(57)12-10-35(56)29-53-18-14-31-5-1-2-6-32(31)26-53/h1-3,5-6,8-9,25,30,33,35,39,47,56H,4,7,10-24,26-29H2,(H,48,49,50)(H,51,58,59)/t35-,39?/m0/s1. The van der Waals surface area contributed by atoms with Crippen molar-refractivity contribution in [3.8, 4) is 0 Å². The number of benzene rings is 2. The zero-order valence-electron chi connectivity index (χ0n) is 36.1. The third-order valence-electron chi connectivity index (χ3n) is 11.9. The first-order valence-corrected chi connectivity index (χ1v) is 22.3. The highest BCUT2D eigenvalue weighted by Crippen LogP contribution is 2.32. The van der Waals surface area contributed by atoms with Crippen LogP contribution in [-0.2, 0) is 41.6 Å². The molecule has 342 valence electrons. The van der Waals surface area contributed by atoms with Crippen LogP contribution in [0.2, 0.25) is 0 Å². The van der Waals surface area contributed by atoms with Crippen molar-refractivity contribution in [1.29, 1.82) is 0 Å². The topological polar surface area (TPSA) is 222 Å². The number of carbonyl (C=O) groups is 6. The molecule has 0 bridgehead atoms. The fraction of sp³-hybridized carbons (Fsp3) is 0.522. The highest BCUT2D eigenvalue weighted by Gasteiger charge is 2.45. The van der Waals surface area contributed by atoms with Crippen molar-refractivity contribution in [2.75, 3.05) is 89.5 Å². The number of carbonyl (C=O) groups excluding carboxylic acids is 6. The summed E-state index contributed by atoms with van der Waals surface area (Å²) in [6.07, 6.45) is 4.12. The Morgan fingerprint density at radius 1 is 0.844 bits per heavy atom. The van der Waals surface area contributed by atoms with Crippen LogP contribution in [0.5, 0.6) is 0 Å². The molecule has 0 radical (unpaired) electrons. The number of fused-ring (bicyclic) bond motifs is 2. The molecule has 4 amide bonds. The van der Waals surface area contributed by atoms with Gasteiger partial charge in [-0.25, -0.2) is 9.97 Å². The van der Waals surface area contributed by atoms with Crippen molar-refractivity contribution < 1.29 is 48.1 Å². The molecule has 18 heteroatoms. The molecular weight excluding hydrogens is 825 g/mol. The second-order valence-corrected chi connectivity index (χ2v) is 16.6. The minimum atomic E-state index is -1.02. The number of rotatable bonds is 26. The number of aliphatic hydroxyl groups is 1. The first kappa shape index (κ1) is 46.5. The minimum absolute atomic E-state index is 0.0556. The van der Waals surface area contributed by atoms with E-state index in [1.807, 2.05) is 6.07 Å². The Balaban J connectivity index is 0.663. The number of hydrogen-bond acceptors (Lipinski definition) is 16. The zero-order valence-corrected chi connectivity index (χ0v) is 36.1. The van der Waals surface area contributed by atoms with Crippen LogP contribution in [0.15, 0.2) is 54.9 Å². The molecule has 64 heavy (non-hydrogen) atoms. The van der Waals surface area contributed by atoms with Crippen LogP contribution in [0, 0.1) is 0 Å². The number of piperidine rings is 1. The monoisotopic (exact) mass is 882 g/mol. The lowest BCUT2D eigenvalue weighted by molar-refractivity contribution is -0.136. The van der Waals surface area contributed by atoms with E-state index in [4.69, 9.17) is 14.2 Å². The van der Waals surface area contributed by atoms with E-state index in [2.05, 4.69) is 53.9 Å². The van der Waals surface area contributed by atoms with Crippen molar-refractivity contribution >= 4 is 46.7 Å². The van der Waals surface area contributed by atoms with Gasteiger partial charge in [0.15, 0.2) is 5.78 Å². The first-order valence-electron chi connectivity index (χ1n) is 22.3. The molecule has 18 nitrogen and oxygen atoms in total. The Kier molecular flexibility index (Phi) is 16.6. The number of hydrogen-bond donors (Lipinski definition) is 4. The Labute approximate surface area is 372 Å². The SMILES string of the molecule is O=C(CCCN1CC(Nc2cc(C(=O)CC[C@H](O)CN3CCc4ccccc4C3)ncn2)C1)CCOCCOCCOCCNc1cccc2c1C(=O)N(C1CCC(=O)NC1=O)C2=O. The second-order valence-electron chi connectivity index (χ2n) is 16.6. The number of likely N-dealkylation sites (tertiary alicyclic amines) is 1. The van der Waals surface area contributed by atoms with Crippen molar-refractivity contribution in [3.63, 3.8) is 0 Å². The Hall–Kier alpha value is -5.50. The van der Waals surface area contributed by atoms with E-state index in [9.17, 15) is 33.9 Å². The Morgan fingerprint density at radius 3 is 2.41 bits per heavy atom. The summed E-state index contributed by atoms with van der Waals surface area (Å²) in [6.45, 7) is 7.12. The summed E-state index contributed by atoms with van der Waals surface area (Å²) in [7, 11) is 0. The van der Waals surface area contributed by atoms with Crippen molar-refractivity contribution in [2.24, 2.45) is 0 Å². The number of aliphatic hydroxyl groups excluding tert-OH is 1. The number of aromatic nitrogens is 2. The smallest absolute Gasteiger partial charge is 0.264 e. The van der Waals surface area contributed by atoms with Gasteiger partial charge in [-0.1, -0.05) is 30.3 Å². The first-order chi connectivity index (χ1) is 31.1. The predicted molar refractivity (Wildman–Crippen MR) is 234 cm³/mol. The van der Waals surface area contributed by atoms with Crippen LogP contribution in [0.4, 0.5) is 11.5 Å². The van der Waals surface area contributed by atoms with E-state index in [-0.39, 0.29) is 48.0 Å². The fourth-order valence-electron chi connectivity index (χ4n) is 8.44. The summed E-state index contributed by atoms with van der Waals surface area (Å²) < 4.78 is 16.7. The summed E-state index contributed by atoms with van der Waals surface area (Å²) >= 11 is 0. The average molecular weight is 883 g/mol. The quantitative estimate of drug-likeness (QED) is 0.0516. The number of amides is 4. The van der Waals surface area contributed by atoms with Crippen LogP contribution in [0.25, 0.3) is 0 Å². The van der Waals surface area contributed by atoms with Gasteiger partial charge in [0.1, 0.15) is 29.7 Å². The van der Waals surface area contributed by atoms with Gasteiger partial charge in [-0.15, -0.1) is 0 Å². The molecular formula is C46H58N8O10. The number of nitrogens with one attached hydrogen (secondary N) is 3. The molecule has 4 aliphatic heterocycles. The van der Waals surface area contributed by atoms with E-state index < -0.39 is 35.8 Å². The lowest BCUT2D eigenvalue weighted by Crippen LogP contribution is -2.54. The number of β-amino-alcohol motifs (C(OH)–C–C–N with tert-alkyl or cyclic N) is 1. The van der Waals surface area contributed by atoms with Crippen molar-refractivity contribution in [3.05, 3.63) is 82.8 Å². The Bertz CT molecular complexity index is 2150. The molecule has 1 aromatic heterocycles. The van der Waals surface area contributed by atoms with Gasteiger partial charge in [-0.05, 0) is 55.5 Å². The number of imide groups is 2. The number of anilines is 2. The predicted octanol–water partition coefficient (Wildman–Crippen LogP) is 2.26. The van der Waals surface area contributed by atoms with E-state index in [1.165, 1.54) is 17.5 Å². The molecule has 2 atom stereocenters. The average Bonchev–Trinajstić information content (AvgIpc) is 3.53. The van der Waals surface area contributed by atoms with Gasteiger partial charge in [0.2, 0.25) is 11.8 Å². The largest absolute Gasteiger partial charge is 0.392 e. The normalized spacial score (nSPS) is 18.3. The third kappa shape index (κ3) is 12.6. The van der Waals surface area contributed by atoms with Gasteiger partial charge < -0.3 is 30.0 Å². The summed E-state index contributed by atoms with van der Waals surface area (Å²) in [5, 5.41) is 19.4. The number of Topliss-reactive ketones (excluding diaryl/α,β-unsaturated/α-hetero) is 2. The third-order valence-corrected chi connectivity index (χ3v) is 11.9. The highest BCUT2D eigenvalue weighted by atomic mass is 16.5. The number of nitrogens with zero attached hydrogens (tertiary/aromatic N) is 5. The molecule has 0 spiro atoms. The van der Waals surface area contributed by atoms with E-state index >= 15 is 0 Å². The second kappa shape index (κ2) is 22.9. The number of ketones is 2. The van der Waals surface area contributed by atoms with Crippen LogP contribution in [-0.4, -0.2) is 162 Å². The van der Waals surface area contributed by atoms with Crippen LogP contribution in [0.1, 0.15) is 87.3 Å². The van der Waals surface area contributed by atoms with Crippen molar-refractivity contribution in [1.82, 2.24) is 30.0 Å². The fourth-order valence-corrected chi connectivity index (χ4v) is 8.44. The van der Waals surface area contributed by atoms with Gasteiger partial charge in [0.05, 0.1) is 62.9 Å². The van der Waals surface area contributed by atoms with E-state index in [0.29, 0.717) is 89.2 Å². The van der Waals surface area contributed by atoms with Crippen LogP contribution >= 0.6 is 0 Å². The van der Waals surface area contributed by atoms with Crippen LogP contribution in [0.3, 0.4) is 0 Å². The molecule has 2 saturated heterocycles. The molecule has 2 fully saturated rings. The van der Waals surface area contributed by atoms with Crippen molar-refractivity contribution in [2.45, 2.75) is 76.1 Å². The summed E-state index contributed by atoms with van der Waals surface area (Å²) in [5.74, 6) is -1.56.